The smallest absolute Gasteiger partial charge is 0.193 e. The van der Waals surface area contributed by atoms with E-state index in [9.17, 15) is 15.0 Å². The van der Waals surface area contributed by atoms with Crippen LogP contribution in [0.4, 0.5) is 0 Å². The quantitative estimate of drug-likeness (QED) is 0.640. The first-order valence-electron chi connectivity index (χ1n) is 5.47. The maximum atomic E-state index is 11.9. The molecule has 0 amide bonds. The van der Waals surface area contributed by atoms with Crippen LogP contribution in [0.3, 0.4) is 0 Å². The molecule has 0 aliphatic carbocycles. The molecule has 0 aliphatic rings. The molecule has 0 saturated heterocycles. The van der Waals surface area contributed by atoms with Gasteiger partial charge >= 0.3 is 0 Å². The second-order valence-corrected chi connectivity index (χ2v) is 3.78. The molecule has 0 spiro atoms. The number of hydrogen-bond acceptors (Lipinski definition) is 3. The van der Waals surface area contributed by atoms with Gasteiger partial charge in [0.15, 0.2) is 5.78 Å². The molecule has 0 radical (unpaired) electrons. The Labute approximate surface area is 105 Å². The third-order valence-electron chi connectivity index (χ3n) is 2.49. The van der Waals surface area contributed by atoms with Gasteiger partial charge in [-0.15, -0.1) is 0 Å². The summed E-state index contributed by atoms with van der Waals surface area (Å²) in [5, 5.41) is 19.1. The standard InChI is InChI=1S/C15H12O3/c16-12-7-4-8-13(17)15(12)14(18)10-9-11-5-2-1-3-6-11/h1-10,16-17H/b10-9+. The van der Waals surface area contributed by atoms with E-state index in [-0.39, 0.29) is 17.1 Å². The Hall–Kier alpha value is -2.55. The third-order valence-corrected chi connectivity index (χ3v) is 2.49. The number of aromatic hydroxyl groups is 2. The first kappa shape index (κ1) is 11.9. The molecule has 0 saturated carbocycles. The van der Waals surface area contributed by atoms with Gasteiger partial charge in [-0.25, -0.2) is 0 Å². The fourth-order valence-electron chi connectivity index (χ4n) is 1.60. The molecule has 0 unspecified atom stereocenters. The van der Waals surface area contributed by atoms with Crippen molar-refractivity contribution in [3.63, 3.8) is 0 Å². The summed E-state index contributed by atoms with van der Waals surface area (Å²) in [4.78, 5) is 11.9. The van der Waals surface area contributed by atoms with E-state index in [1.807, 2.05) is 30.3 Å². The summed E-state index contributed by atoms with van der Waals surface area (Å²) in [6.07, 6.45) is 2.96. The van der Waals surface area contributed by atoms with E-state index in [0.29, 0.717) is 0 Å². The molecule has 0 aromatic heterocycles. The topological polar surface area (TPSA) is 57.5 Å². The van der Waals surface area contributed by atoms with Crippen LogP contribution >= 0.6 is 0 Å². The maximum absolute atomic E-state index is 11.9. The first-order valence-corrected chi connectivity index (χ1v) is 5.47. The van der Waals surface area contributed by atoms with Gasteiger partial charge in [0, 0.05) is 0 Å². The van der Waals surface area contributed by atoms with Crippen LogP contribution < -0.4 is 0 Å². The van der Waals surface area contributed by atoms with Crippen molar-refractivity contribution in [1.82, 2.24) is 0 Å². The van der Waals surface area contributed by atoms with Crippen LogP contribution in [0.1, 0.15) is 15.9 Å². The molecule has 2 aromatic rings. The van der Waals surface area contributed by atoms with Crippen molar-refractivity contribution < 1.29 is 15.0 Å². The summed E-state index contributed by atoms with van der Waals surface area (Å²) in [7, 11) is 0. The second kappa shape index (κ2) is 5.19. The van der Waals surface area contributed by atoms with Crippen molar-refractivity contribution in [1.29, 1.82) is 0 Å². The Morgan fingerprint density at radius 2 is 1.50 bits per heavy atom. The molecular formula is C15H12O3. The SMILES string of the molecule is O=C(/C=C/c1ccccc1)c1c(O)cccc1O. The Morgan fingerprint density at radius 1 is 0.889 bits per heavy atom. The molecule has 3 heteroatoms. The van der Waals surface area contributed by atoms with Crippen molar-refractivity contribution in [3.8, 4) is 11.5 Å². The van der Waals surface area contributed by atoms with Crippen molar-refractivity contribution in [3.05, 3.63) is 65.7 Å². The van der Waals surface area contributed by atoms with Crippen LogP contribution in [-0.4, -0.2) is 16.0 Å². The van der Waals surface area contributed by atoms with Gasteiger partial charge in [-0.2, -0.15) is 0 Å². The summed E-state index contributed by atoms with van der Waals surface area (Å²) in [6, 6.07) is 13.5. The highest BCUT2D eigenvalue weighted by atomic mass is 16.3. The molecule has 2 N–H and O–H groups in total. The van der Waals surface area contributed by atoms with Gasteiger partial charge in [-0.3, -0.25) is 4.79 Å². The van der Waals surface area contributed by atoms with E-state index in [4.69, 9.17) is 0 Å². The van der Waals surface area contributed by atoms with Gasteiger partial charge in [0.25, 0.3) is 0 Å². The van der Waals surface area contributed by atoms with Gasteiger partial charge in [0.2, 0.25) is 0 Å². The Kier molecular flexibility index (Phi) is 3.44. The molecule has 0 heterocycles. The van der Waals surface area contributed by atoms with Crippen molar-refractivity contribution in [2.45, 2.75) is 0 Å². The van der Waals surface area contributed by atoms with Gasteiger partial charge in [0.05, 0.1) is 0 Å². The molecule has 0 atom stereocenters. The van der Waals surface area contributed by atoms with Gasteiger partial charge in [-0.05, 0) is 23.8 Å². The van der Waals surface area contributed by atoms with Crippen molar-refractivity contribution in [2.75, 3.05) is 0 Å². The number of allylic oxidation sites excluding steroid dienone is 1. The maximum Gasteiger partial charge on any atom is 0.193 e. The monoisotopic (exact) mass is 240 g/mol. The average Bonchev–Trinajstić information content (AvgIpc) is 2.37. The van der Waals surface area contributed by atoms with Crippen molar-refractivity contribution >= 4 is 11.9 Å². The lowest BCUT2D eigenvalue weighted by Gasteiger charge is -2.02. The number of carbonyl (C=O) groups is 1. The number of phenols is 2. The molecular weight excluding hydrogens is 228 g/mol. The fourth-order valence-corrected chi connectivity index (χ4v) is 1.60. The molecule has 0 aliphatic heterocycles. The van der Waals surface area contributed by atoms with E-state index in [2.05, 4.69) is 0 Å². The number of phenolic OH excluding ortho intramolecular Hbond substituents is 2. The minimum atomic E-state index is -0.436. The molecule has 90 valence electrons. The normalized spacial score (nSPS) is 10.7. The number of carbonyl (C=O) groups excluding carboxylic acids is 1. The van der Waals surface area contributed by atoms with Crippen molar-refractivity contribution in [2.24, 2.45) is 0 Å². The molecule has 3 nitrogen and oxygen atoms in total. The molecule has 18 heavy (non-hydrogen) atoms. The van der Waals surface area contributed by atoms with E-state index < -0.39 is 5.78 Å². The van der Waals surface area contributed by atoms with Crippen LogP contribution in [0, 0.1) is 0 Å². The Balaban J connectivity index is 2.26. The Bertz CT molecular complexity index is 566. The molecule has 2 aromatic carbocycles. The molecule has 2 rings (SSSR count). The lowest BCUT2D eigenvalue weighted by atomic mass is 10.1. The molecule has 0 bridgehead atoms. The Morgan fingerprint density at radius 3 is 2.11 bits per heavy atom. The van der Waals surface area contributed by atoms with E-state index >= 15 is 0 Å². The summed E-state index contributed by atoms with van der Waals surface area (Å²) in [5.74, 6) is -0.884. The summed E-state index contributed by atoms with van der Waals surface area (Å²) in [5.41, 5.74) is 0.797. The lowest BCUT2D eigenvalue weighted by Crippen LogP contribution is -1.95. The van der Waals surface area contributed by atoms with Crippen LogP contribution in [0.25, 0.3) is 6.08 Å². The molecule has 0 fully saturated rings. The average molecular weight is 240 g/mol. The fraction of sp³-hybridized carbons (Fsp3) is 0. The lowest BCUT2D eigenvalue weighted by molar-refractivity contribution is 0.104. The number of hydrogen-bond donors (Lipinski definition) is 2. The van der Waals surface area contributed by atoms with Gasteiger partial charge < -0.3 is 10.2 Å². The summed E-state index contributed by atoms with van der Waals surface area (Å²) < 4.78 is 0. The van der Waals surface area contributed by atoms with E-state index in [1.54, 1.807) is 6.08 Å². The minimum absolute atomic E-state index is 0.0790. The third kappa shape index (κ3) is 2.58. The van der Waals surface area contributed by atoms with E-state index in [1.165, 1.54) is 24.3 Å². The highest BCUT2D eigenvalue weighted by Gasteiger charge is 2.12. The van der Waals surface area contributed by atoms with Gasteiger partial charge in [0.1, 0.15) is 17.1 Å². The van der Waals surface area contributed by atoms with Crippen LogP contribution in [0.2, 0.25) is 0 Å². The zero-order valence-corrected chi connectivity index (χ0v) is 9.58. The zero-order valence-electron chi connectivity index (χ0n) is 9.58. The van der Waals surface area contributed by atoms with Crippen LogP contribution in [0.5, 0.6) is 11.5 Å². The largest absolute Gasteiger partial charge is 0.507 e. The second-order valence-electron chi connectivity index (χ2n) is 3.78. The number of rotatable bonds is 3. The van der Waals surface area contributed by atoms with E-state index in [0.717, 1.165) is 5.56 Å². The summed E-state index contributed by atoms with van der Waals surface area (Å²) >= 11 is 0. The first-order chi connectivity index (χ1) is 8.68. The predicted molar refractivity (Wildman–Crippen MR) is 69.6 cm³/mol. The van der Waals surface area contributed by atoms with Gasteiger partial charge in [-0.1, -0.05) is 42.5 Å². The van der Waals surface area contributed by atoms with Crippen LogP contribution in [-0.2, 0) is 0 Å². The summed E-state index contributed by atoms with van der Waals surface area (Å²) in [6.45, 7) is 0. The predicted octanol–water partition coefficient (Wildman–Crippen LogP) is 2.99. The van der Waals surface area contributed by atoms with Crippen LogP contribution in [0.15, 0.2) is 54.6 Å². The highest BCUT2D eigenvalue weighted by molar-refractivity contribution is 6.10. The zero-order chi connectivity index (χ0) is 13.0. The number of ketones is 1. The highest BCUT2D eigenvalue weighted by Crippen LogP contribution is 2.27. The number of benzene rings is 2. The minimum Gasteiger partial charge on any atom is -0.507 e.